The van der Waals surface area contributed by atoms with Gasteiger partial charge in [0.1, 0.15) is 5.69 Å². The second kappa shape index (κ2) is 7.21. The van der Waals surface area contributed by atoms with Crippen molar-refractivity contribution < 1.29 is 14.7 Å². The summed E-state index contributed by atoms with van der Waals surface area (Å²) in [5, 5.41) is 13.4. The van der Waals surface area contributed by atoms with Gasteiger partial charge in [-0.2, -0.15) is 0 Å². The lowest BCUT2D eigenvalue weighted by atomic mass is 9.95. The van der Waals surface area contributed by atoms with Crippen LogP contribution in [-0.4, -0.2) is 28.4 Å². The third kappa shape index (κ3) is 4.67. The highest BCUT2D eigenvalue weighted by molar-refractivity contribution is 5.92. The lowest BCUT2D eigenvalue weighted by Gasteiger charge is -2.18. The average molecular weight is 316 g/mol. The van der Waals surface area contributed by atoms with Gasteiger partial charge >= 0.3 is 5.69 Å². The number of carbonyl (C=O) groups is 2. The molecular formula is C15H14N3O5-. The number of carboxylic acids is 1. The number of nitrogens with one attached hydrogen (secondary N) is 3. The number of benzene rings is 1. The summed E-state index contributed by atoms with van der Waals surface area (Å²) in [5.74, 6) is -2.40. The summed E-state index contributed by atoms with van der Waals surface area (Å²) in [5.41, 5.74) is -0.958. The number of amides is 1. The molecule has 1 amide bonds. The Labute approximate surface area is 130 Å². The molecule has 3 N–H and O–H groups in total. The van der Waals surface area contributed by atoms with E-state index in [0.717, 1.165) is 11.6 Å². The van der Waals surface area contributed by atoms with Gasteiger partial charge in [-0.05, 0) is 12.0 Å². The Morgan fingerprint density at radius 3 is 2.43 bits per heavy atom. The summed E-state index contributed by atoms with van der Waals surface area (Å²) in [4.78, 5) is 49.3. The van der Waals surface area contributed by atoms with Gasteiger partial charge in [-0.1, -0.05) is 30.3 Å². The number of carboxylic acid groups (broad SMARTS) is 1. The normalized spacial score (nSPS) is 11.7. The van der Waals surface area contributed by atoms with Gasteiger partial charge in [-0.15, -0.1) is 0 Å². The van der Waals surface area contributed by atoms with Crippen LogP contribution in [0, 0.1) is 0 Å². The van der Waals surface area contributed by atoms with E-state index >= 15 is 0 Å². The fourth-order valence-corrected chi connectivity index (χ4v) is 2.14. The number of hydrogen-bond acceptors (Lipinski definition) is 5. The number of carbonyl (C=O) groups excluding carboxylic acids is 2. The molecule has 1 aromatic carbocycles. The van der Waals surface area contributed by atoms with Gasteiger partial charge in [0.2, 0.25) is 0 Å². The van der Waals surface area contributed by atoms with E-state index in [9.17, 15) is 24.3 Å². The van der Waals surface area contributed by atoms with Crippen LogP contribution in [0.2, 0.25) is 0 Å². The lowest BCUT2D eigenvalue weighted by Crippen LogP contribution is -2.35. The molecule has 0 radical (unpaired) electrons. The molecule has 0 spiro atoms. The Hall–Kier alpha value is -3.16. The van der Waals surface area contributed by atoms with E-state index in [1.54, 1.807) is 30.3 Å². The van der Waals surface area contributed by atoms with E-state index in [-0.39, 0.29) is 18.7 Å². The molecule has 1 atom stereocenters. The zero-order valence-electron chi connectivity index (χ0n) is 12.0. The zero-order chi connectivity index (χ0) is 16.8. The maximum absolute atomic E-state index is 12.0. The van der Waals surface area contributed by atoms with E-state index in [1.165, 1.54) is 0 Å². The first kappa shape index (κ1) is 16.2. The fraction of sp³-hybridized carbons (Fsp3) is 0.200. The van der Waals surface area contributed by atoms with Crippen LogP contribution in [0.3, 0.4) is 0 Å². The second-order valence-corrected chi connectivity index (χ2v) is 4.90. The SMILES string of the molecule is O=C([O-])C[C@H](CNC(=O)c1cc(=O)[nH]c(=O)[nH]1)c1ccccc1. The quantitative estimate of drug-likeness (QED) is 0.610. The van der Waals surface area contributed by atoms with Gasteiger partial charge in [0.25, 0.3) is 11.5 Å². The first-order valence-electron chi connectivity index (χ1n) is 6.82. The van der Waals surface area contributed by atoms with Crippen LogP contribution in [0.5, 0.6) is 0 Å². The second-order valence-electron chi connectivity index (χ2n) is 4.90. The van der Waals surface area contributed by atoms with Gasteiger partial charge in [0, 0.05) is 24.5 Å². The van der Waals surface area contributed by atoms with Crippen molar-refractivity contribution in [2.24, 2.45) is 0 Å². The Bertz CT molecular complexity index is 781. The van der Waals surface area contributed by atoms with Gasteiger partial charge in [0.15, 0.2) is 0 Å². The highest BCUT2D eigenvalue weighted by atomic mass is 16.4. The summed E-state index contributed by atoms with van der Waals surface area (Å²) < 4.78 is 0. The van der Waals surface area contributed by atoms with E-state index in [1.807, 2.05) is 4.98 Å². The van der Waals surface area contributed by atoms with E-state index in [4.69, 9.17) is 0 Å². The molecule has 1 heterocycles. The molecule has 0 aliphatic heterocycles. The first-order chi connectivity index (χ1) is 11.0. The van der Waals surface area contributed by atoms with Gasteiger partial charge in [-0.3, -0.25) is 14.6 Å². The van der Waals surface area contributed by atoms with Crippen molar-refractivity contribution in [1.82, 2.24) is 15.3 Å². The van der Waals surface area contributed by atoms with Gasteiger partial charge in [-0.25, -0.2) is 4.79 Å². The van der Waals surface area contributed by atoms with E-state index < -0.39 is 29.0 Å². The minimum atomic E-state index is -1.24. The van der Waals surface area contributed by atoms with Crippen molar-refractivity contribution in [2.75, 3.05) is 6.54 Å². The van der Waals surface area contributed by atoms with Crippen LogP contribution in [0.25, 0.3) is 0 Å². The Kier molecular flexibility index (Phi) is 5.08. The molecular weight excluding hydrogens is 302 g/mol. The van der Waals surface area contributed by atoms with Crippen LogP contribution in [0.15, 0.2) is 46.0 Å². The van der Waals surface area contributed by atoms with Crippen molar-refractivity contribution in [1.29, 1.82) is 0 Å². The molecule has 23 heavy (non-hydrogen) atoms. The van der Waals surface area contributed by atoms with Crippen LogP contribution in [0.4, 0.5) is 0 Å². The molecule has 0 saturated heterocycles. The molecule has 0 saturated carbocycles. The molecule has 0 aliphatic rings. The van der Waals surface area contributed by atoms with E-state index in [2.05, 4.69) is 10.3 Å². The minimum Gasteiger partial charge on any atom is -0.550 e. The summed E-state index contributed by atoms with van der Waals surface area (Å²) in [6.45, 7) is 0.0195. The van der Waals surface area contributed by atoms with Crippen LogP contribution in [0.1, 0.15) is 28.4 Å². The number of aromatic amines is 2. The molecule has 120 valence electrons. The van der Waals surface area contributed by atoms with Crippen molar-refractivity contribution in [3.63, 3.8) is 0 Å². The fourth-order valence-electron chi connectivity index (χ4n) is 2.14. The number of rotatable bonds is 6. The number of aromatic nitrogens is 2. The number of aliphatic carboxylic acids is 1. The largest absolute Gasteiger partial charge is 0.550 e. The lowest BCUT2D eigenvalue weighted by molar-refractivity contribution is -0.306. The molecule has 0 bridgehead atoms. The zero-order valence-corrected chi connectivity index (χ0v) is 12.0. The molecule has 1 aromatic heterocycles. The van der Waals surface area contributed by atoms with Crippen molar-refractivity contribution in [2.45, 2.75) is 12.3 Å². The molecule has 8 heteroatoms. The molecule has 8 nitrogen and oxygen atoms in total. The number of hydrogen-bond donors (Lipinski definition) is 3. The monoisotopic (exact) mass is 316 g/mol. The van der Waals surface area contributed by atoms with Crippen LogP contribution < -0.4 is 21.7 Å². The molecule has 0 unspecified atom stereocenters. The Morgan fingerprint density at radius 2 is 1.83 bits per heavy atom. The highest BCUT2D eigenvalue weighted by Crippen LogP contribution is 2.18. The van der Waals surface area contributed by atoms with Crippen molar-refractivity contribution in [3.05, 3.63) is 68.5 Å². The highest BCUT2D eigenvalue weighted by Gasteiger charge is 2.15. The maximum Gasteiger partial charge on any atom is 0.326 e. The average Bonchev–Trinajstić information content (AvgIpc) is 2.50. The Morgan fingerprint density at radius 1 is 1.13 bits per heavy atom. The van der Waals surface area contributed by atoms with Crippen molar-refractivity contribution >= 4 is 11.9 Å². The molecule has 0 fully saturated rings. The van der Waals surface area contributed by atoms with Gasteiger partial charge in [0.05, 0.1) is 0 Å². The maximum atomic E-state index is 12.0. The topological polar surface area (TPSA) is 135 Å². The molecule has 2 aromatic rings. The standard InChI is InChI=1S/C15H15N3O5/c19-12-7-11(17-15(23)18-12)14(22)16-8-10(6-13(20)21)9-4-2-1-3-5-9/h1-5,7,10H,6,8H2,(H,16,22)(H,20,21)(H2,17,18,19,23)/p-1/t10-/m1/s1. The predicted octanol–water partition coefficient (Wildman–Crippen LogP) is -1.28. The smallest absolute Gasteiger partial charge is 0.326 e. The predicted molar refractivity (Wildman–Crippen MR) is 78.8 cm³/mol. The minimum absolute atomic E-state index is 0.0195. The summed E-state index contributed by atoms with van der Waals surface area (Å²) >= 11 is 0. The molecule has 2 rings (SSSR count). The van der Waals surface area contributed by atoms with Crippen LogP contribution >= 0.6 is 0 Å². The third-order valence-electron chi connectivity index (χ3n) is 3.20. The summed E-state index contributed by atoms with van der Waals surface area (Å²) in [6.07, 6.45) is -0.268. The third-order valence-corrected chi connectivity index (χ3v) is 3.20. The molecule has 0 aliphatic carbocycles. The van der Waals surface area contributed by atoms with Gasteiger partial charge < -0.3 is 20.2 Å². The summed E-state index contributed by atoms with van der Waals surface area (Å²) in [7, 11) is 0. The van der Waals surface area contributed by atoms with Crippen LogP contribution in [-0.2, 0) is 4.79 Å². The summed E-state index contributed by atoms with van der Waals surface area (Å²) in [6, 6.07) is 9.75. The Balaban J connectivity index is 2.11. The van der Waals surface area contributed by atoms with Crippen molar-refractivity contribution in [3.8, 4) is 0 Å². The first-order valence-corrected chi connectivity index (χ1v) is 6.82. The van der Waals surface area contributed by atoms with E-state index in [0.29, 0.717) is 0 Å². The number of H-pyrrole nitrogens is 2.